The Morgan fingerprint density at radius 3 is 2.71 bits per heavy atom. The molecular weight excluding hydrogens is 359 g/mol. The van der Waals surface area contributed by atoms with Crippen LogP contribution in [0.2, 0.25) is 0 Å². The SMILES string of the molecule is O=C(NC1CCCOc2cc(F)ccc21)N1CCC(OCC2CCCC2)CC1. The topological polar surface area (TPSA) is 50.8 Å². The summed E-state index contributed by atoms with van der Waals surface area (Å²) in [5.41, 5.74) is 0.863. The number of likely N-dealkylation sites (tertiary alicyclic amines) is 1. The van der Waals surface area contributed by atoms with Gasteiger partial charge in [-0.2, -0.15) is 0 Å². The highest BCUT2D eigenvalue weighted by molar-refractivity contribution is 5.75. The predicted molar refractivity (Wildman–Crippen MR) is 105 cm³/mol. The molecule has 2 heterocycles. The van der Waals surface area contributed by atoms with Crippen molar-refractivity contribution in [2.45, 2.75) is 63.5 Å². The van der Waals surface area contributed by atoms with Crippen molar-refractivity contribution in [2.24, 2.45) is 5.92 Å². The van der Waals surface area contributed by atoms with Crippen LogP contribution in [0, 0.1) is 11.7 Å². The fraction of sp³-hybridized carbons (Fsp3) is 0.682. The monoisotopic (exact) mass is 390 g/mol. The zero-order valence-electron chi connectivity index (χ0n) is 16.5. The molecule has 1 aromatic carbocycles. The van der Waals surface area contributed by atoms with Crippen LogP contribution in [0.15, 0.2) is 18.2 Å². The van der Waals surface area contributed by atoms with E-state index in [-0.39, 0.29) is 24.0 Å². The molecule has 154 valence electrons. The first-order valence-corrected chi connectivity index (χ1v) is 10.8. The van der Waals surface area contributed by atoms with E-state index in [2.05, 4.69) is 5.32 Å². The Labute approximate surface area is 166 Å². The summed E-state index contributed by atoms with van der Waals surface area (Å²) in [5.74, 6) is 0.968. The highest BCUT2D eigenvalue weighted by Gasteiger charge is 2.28. The third kappa shape index (κ3) is 4.77. The number of rotatable bonds is 4. The number of nitrogens with zero attached hydrogens (tertiary/aromatic N) is 1. The summed E-state index contributed by atoms with van der Waals surface area (Å²) in [6.07, 6.45) is 8.99. The summed E-state index contributed by atoms with van der Waals surface area (Å²) >= 11 is 0. The van der Waals surface area contributed by atoms with E-state index in [0.29, 0.717) is 12.4 Å². The molecular formula is C22H31FN2O3. The first-order chi connectivity index (χ1) is 13.7. The normalized spacial score (nSPS) is 23.8. The van der Waals surface area contributed by atoms with E-state index in [1.54, 1.807) is 6.07 Å². The Kier molecular flexibility index (Phi) is 6.35. The smallest absolute Gasteiger partial charge is 0.317 e. The third-order valence-electron chi connectivity index (χ3n) is 6.32. The average Bonchev–Trinajstić information content (AvgIpc) is 3.15. The summed E-state index contributed by atoms with van der Waals surface area (Å²) in [4.78, 5) is 14.7. The first-order valence-electron chi connectivity index (χ1n) is 10.8. The molecule has 1 aromatic rings. The standard InChI is InChI=1S/C22H31FN2O3/c23-17-7-8-19-20(6-3-13-27-21(19)14-17)24-22(26)25-11-9-18(10-12-25)28-15-16-4-1-2-5-16/h7-8,14,16,18,20H,1-6,9-13,15H2,(H,24,26). The van der Waals surface area contributed by atoms with Crippen LogP contribution < -0.4 is 10.1 Å². The van der Waals surface area contributed by atoms with E-state index >= 15 is 0 Å². The summed E-state index contributed by atoms with van der Waals surface area (Å²) in [6, 6.07) is 4.38. The van der Waals surface area contributed by atoms with Crippen molar-refractivity contribution in [3.8, 4) is 5.75 Å². The van der Waals surface area contributed by atoms with Gasteiger partial charge in [-0.05, 0) is 50.5 Å². The molecule has 1 saturated heterocycles. The molecule has 1 N–H and O–H groups in total. The van der Waals surface area contributed by atoms with Gasteiger partial charge in [0.1, 0.15) is 11.6 Å². The molecule has 3 aliphatic rings. The van der Waals surface area contributed by atoms with Crippen molar-refractivity contribution in [3.63, 3.8) is 0 Å². The first kappa shape index (κ1) is 19.5. The molecule has 1 unspecified atom stereocenters. The quantitative estimate of drug-likeness (QED) is 0.828. The van der Waals surface area contributed by atoms with Gasteiger partial charge in [-0.3, -0.25) is 0 Å². The number of carbonyl (C=O) groups is 1. The van der Waals surface area contributed by atoms with E-state index in [9.17, 15) is 9.18 Å². The van der Waals surface area contributed by atoms with Crippen molar-refractivity contribution >= 4 is 6.03 Å². The number of fused-ring (bicyclic) bond motifs is 1. The maximum Gasteiger partial charge on any atom is 0.317 e. The maximum absolute atomic E-state index is 13.5. The van der Waals surface area contributed by atoms with Crippen molar-refractivity contribution in [2.75, 3.05) is 26.3 Å². The zero-order valence-corrected chi connectivity index (χ0v) is 16.5. The Hall–Kier alpha value is -1.82. The molecule has 2 amide bonds. The second kappa shape index (κ2) is 9.12. The van der Waals surface area contributed by atoms with Crippen molar-refractivity contribution in [3.05, 3.63) is 29.6 Å². The Morgan fingerprint density at radius 1 is 1.14 bits per heavy atom. The number of hydrogen-bond donors (Lipinski definition) is 1. The van der Waals surface area contributed by atoms with Gasteiger partial charge < -0.3 is 19.7 Å². The fourth-order valence-corrected chi connectivity index (χ4v) is 4.61. The molecule has 1 aliphatic carbocycles. The van der Waals surface area contributed by atoms with Gasteiger partial charge in [0.15, 0.2) is 0 Å². The van der Waals surface area contributed by atoms with E-state index in [0.717, 1.165) is 56.9 Å². The van der Waals surface area contributed by atoms with Crippen LogP contribution in [0.3, 0.4) is 0 Å². The van der Waals surface area contributed by atoms with Gasteiger partial charge in [-0.15, -0.1) is 0 Å². The van der Waals surface area contributed by atoms with Crippen molar-refractivity contribution < 1.29 is 18.7 Å². The molecule has 1 saturated carbocycles. The number of amides is 2. The fourth-order valence-electron chi connectivity index (χ4n) is 4.61. The number of nitrogens with one attached hydrogen (secondary N) is 1. The van der Waals surface area contributed by atoms with Crippen LogP contribution in [0.25, 0.3) is 0 Å². The summed E-state index contributed by atoms with van der Waals surface area (Å²) in [7, 11) is 0. The summed E-state index contributed by atoms with van der Waals surface area (Å²) in [5, 5.41) is 3.14. The molecule has 0 bridgehead atoms. The lowest BCUT2D eigenvalue weighted by molar-refractivity contribution is -0.00214. The van der Waals surface area contributed by atoms with Crippen LogP contribution in [0.1, 0.15) is 63.0 Å². The van der Waals surface area contributed by atoms with Gasteiger partial charge in [0.25, 0.3) is 0 Å². The highest BCUT2D eigenvalue weighted by atomic mass is 19.1. The minimum absolute atomic E-state index is 0.0450. The van der Waals surface area contributed by atoms with E-state index < -0.39 is 0 Å². The number of benzene rings is 1. The molecule has 2 fully saturated rings. The number of urea groups is 1. The van der Waals surface area contributed by atoms with E-state index in [4.69, 9.17) is 9.47 Å². The third-order valence-corrected chi connectivity index (χ3v) is 6.32. The number of halogens is 1. The average molecular weight is 390 g/mol. The largest absolute Gasteiger partial charge is 0.493 e. The number of ether oxygens (including phenoxy) is 2. The number of piperidine rings is 1. The van der Waals surface area contributed by atoms with Crippen LogP contribution >= 0.6 is 0 Å². The van der Waals surface area contributed by atoms with Gasteiger partial charge in [0.05, 0.1) is 18.8 Å². The molecule has 28 heavy (non-hydrogen) atoms. The van der Waals surface area contributed by atoms with Gasteiger partial charge in [0.2, 0.25) is 0 Å². The van der Waals surface area contributed by atoms with E-state index in [1.807, 2.05) is 4.90 Å². The zero-order chi connectivity index (χ0) is 19.3. The van der Waals surface area contributed by atoms with Crippen molar-refractivity contribution in [1.82, 2.24) is 10.2 Å². The molecule has 1 atom stereocenters. The van der Waals surface area contributed by atoms with Crippen LogP contribution in [-0.2, 0) is 4.74 Å². The number of hydrogen-bond acceptors (Lipinski definition) is 3. The van der Waals surface area contributed by atoms with Crippen LogP contribution in [-0.4, -0.2) is 43.3 Å². The number of carbonyl (C=O) groups excluding carboxylic acids is 1. The Bertz CT molecular complexity index is 670. The molecule has 5 nitrogen and oxygen atoms in total. The summed E-state index contributed by atoms with van der Waals surface area (Å²) < 4.78 is 25.3. The molecule has 0 spiro atoms. The highest BCUT2D eigenvalue weighted by Crippen LogP contribution is 2.32. The Morgan fingerprint density at radius 2 is 1.93 bits per heavy atom. The lowest BCUT2D eigenvalue weighted by atomic mass is 10.0. The minimum atomic E-state index is -0.314. The molecule has 2 aliphatic heterocycles. The summed E-state index contributed by atoms with van der Waals surface area (Å²) in [6.45, 7) is 2.88. The maximum atomic E-state index is 13.5. The minimum Gasteiger partial charge on any atom is -0.493 e. The van der Waals surface area contributed by atoms with Gasteiger partial charge in [-0.1, -0.05) is 18.9 Å². The lowest BCUT2D eigenvalue weighted by Gasteiger charge is -2.33. The Balaban J connectivity index is 1.27. The van der Waals surface area contributed by atoms with Crippen molar-refractivity contribution in [1.29, 1.82) is 0 Å². The molecule has 0 radical (unpaired) electrons. The molecule has 6 heteroatoms. The molecule has 4 rings (SSSR count). The molecule has 0 aromatic heterocycles. The second-order valence-electron chi connectivity index (χ2n) is 8.35. The lowest BCUT2D eigenvalue weighted by Crippen LogP contribution is -2.47. The van der Waals surface area contributed by atoms with E-state index in [1.165, 1.54) is 37.8 Å². The van der Waals surface area contributed by atoms with Gasteiger partial charge >= 0.3 is 6.03 Å². The second-order valence-corrected chi connectivity index (χ2v) is 8.35. The van der Waals surface area contributed by atoms with Crippen LogP contribution in [0.5, 0.6) is 5.75 Å². The van der Waals surface area contributed by atoms with Crippen LogP contribution in [0.4, 0.5) is 9.18 Å². The van der Waals surface area contributed by atoms with Gasteiger partial charge in [0, 0.05) is 31.3 Å². The van der Waals surface area contributed by atoms with Gasteiger partial charge in [-0.25, -0.2) is 9.18 Å². The predicted octanol–water partition coefficient (Wildman–Crippen LogP) is 4.42.